The van der Waals surface area contributed by atoms with Crippen LogP contribution in [0.2, 0.25) is 0 Å². The molecule has 15 heavy (non-hydrogen) atoms. The highest BCUT2D eigenvalue weighted by Crippen LogP contribution is 2.23. The number of nitrogens with zero attached hydrogens (tertiary/aromatic N) is 1. The monoisotopic (exact) mass is 220 g/mol. The van der Waals surface area contributed by atoms with Gasteiger partial charge < -0.3 is 14.9 Å². The van der Waals surface area contributed by atoms with Gasteiger partial charge in [0.15, 0.2) is 5.69 Å². The Morgan fingerprint density at radius 1 is 1.60 bits per heavy atom. The van der Waals surface area contributed by atoms with Crippen molar-refractivity contribution in [1.29, 1.82) is 0 Å². The molecule has 6 nitrogen and oxygen atoms in total. The minimum atomic E-state index is -2.98. The van der Waals surface area contributed by atoms with E-state index in [-0.39, 0.29) is 0 Å². The van der Waals surface area contributed by atoms with Crippen molar-refractivity contribution < 1.29 is 18.4 Å². The summed E-state index contributed by atoms with van der Waals surface area (Å²) in [6, 6.07) is 0.566. The number of aromatic amines is 1. The highest BCUT2D eigenvalue weighted by Gasteiger charge is 2.23. The quantitative estimate of drug-likeness (QED) is 0.613. The van der Waals surface area contributed by atoms with Crippen molar-refractivity contribution in [2.24, 2.45) is 0 Å². The molecule has 82 valence electrons. The van der Waals surface area contributed by atoms with Gasteiger partial charge in [0.2, 0.25) is 5.43 Å². The van der Waals surface area contributed by atoms with E-state index < -0.39 is 34.0 Å². The average Bonchev–Trinajstić information content (AvgIpc) is 2.16. The summed E-state index contributed by atoms with van der Waals surface area (Å²) in [7, 11) is 1.04. The van der Waals surface area contributed by atoms with E-state index in [0.717, 1.165) is 7.11 Å². The van der Waals surface area contributed by atoms with Gasteiger partial charge in [0, 0.05) is 6.07 Å². The normalized spacial score (nSPS) is 10.4. The van der Waals surface area contributed by atoms with Crippen molar-refractivity contribution in [2.75, 3.05) is 7.11 Å². The molecule has 1 aromatic rings. The Bertz CT molecular complexity index is 443. The number of hydrogen-bond acceptors (Lipinski definition) is 4. The van der Waals surface area contributed by atoms with E-state index in [9.17, 15) is 23.7 Å². The van der Waals surface area contributed by atoms with Crippen LogP contribution >= 0.6 is 0 Å². The number of ether oxygens (including phenoxy) is 1. The van der Waals surface area contributed by atoms with E-state index in [1.165, 1.54) is 0 Å². The van der Waals surface area contributed by atoms with E-state index in [0.29, 0.717) is 6.07 Å². The lowest BCUT2D eigenvalue weighted by molar-refractivity contribution is -0.390. The molecule has 0 fully saturated rings. The summed E-state index contributed by atoms with van der Waals surface area (Å²) >= 11 is 0. The molecule has 8 heteroatoms. The molecule has 1 heterocycles. The van der Waals surface area contributed by atoms with Gasteiger partial charge in [-0.05, 0) is 4.92 Å². The first-order chi connectivity index (χ1) is 6.97. The van der Waals surface area contributed by atoms with Crippen molar-refractivity contribution in [3.05, 3.63) is 32.1 Å². The molecule has 0 aliphatic rings. The van der Waals surface area contributed by atoms with Crippen LogP contribution in [0.25, 0.3) is 0 Å². The Morgan fingerprint density at radius 2 is 2.20 bits per heavy atom. The molecule has 0 amide bonds. The Balaban J connectivity index is 3.46. The number of pyridine rings is 1. The molecule has 0 saturated heterocycles. The molecule has 0 bridgehead atoms. The fraction of sp³-hybridized carbons (Fsp3) is 0.286. The first-order valence-corrected chi connectivity index (χ1v) is 3.71. The SMILES string of the molecule is COc1c([N+](=O)[O-])[nH]c(C(F)F)cc1=O. The molecule has 0 unspecified atom stereocenters. The van der Waals surface area contributed by atoms with Gasteiger partial charge in [-0.2, -0.15) is 0 Å². The number of aromatic nitrogens is 1. The van der Waals surface area contributed by atoms with E-state index in [1.54, 1.807) is 0 Å². The van der Waals surface area contributed by atoms with Gasteiger partial charge in [-0.1, -0.05) is 0 Å². The Kier molecular flexibility index (Phi) is 2.98. The van der Waals surface area contributed by atoms with Gasteiger partial charge in [0.05, 0.1) is 7.11 Å². The van der Waals surface area contributed by atoms with Crippen LogP contribution in [-0.2, 0) is 0 Å². The van der Waals surface area contributed by atoms with Crippen LogP contribution < -0.4 is 10.2 Å². The van der Waals surface area contributed by atoms with Crippen molar-refractivity contribution in [3.8, 4) is 5.75 Å². The highest BCUT2D eigenvalue weighted by atomic mass is 19.3. The summed E-state index contributed by atoms with van der Waals surface area (Å²) < 4.78 is 28.8. The number of hydrogen-bond donors (Lipinski definition) is 1. The number of alkyl halides is 2. The van der Waals surface area contributed by atoms with Gasteiger partial charge in [-0.15, -0.1) is 0 Å². The molecule has 0 saturated carbocycles. The molecular weight excluding hydrogens is 214 g/mol. The maximum absolute atomic E-state index is 12.2. The molecule has 0 spiro atoms. The lowest BCUT2D eigenvalue weighted by Gasteiger charge is -2.03. The van der Waals surface area contributed by atoms with E-state index >= 15 is 0 Å². The van der Waals surface area contributed by atoms with Gasteiger partial charge in [-0.25, -0.2) is 13.8 Å². The summed E-state index contributed by atoms with van der Waals surface area (Å²) in [6.45, 7) is 0. The lowest BCUT2D eigenvalue weighted by Crippen LogP contribution is -2.11. The smallest absolute Gasteiger partial charge is 0.367 e. The van der Waals surface area contributed by atoms with Gasteiger partial charge in [0.1, 0.15) is 0 Å². The standard InChI is InChI=1S/C7H6F2N2O4/c1-15-5-4(12)2-3(6(8)9)10-7(5)11(13)14/h2,6H,1H3,(H,10,12). The van der Waals surface area contributed by atoms with Crippen LogP contribution in [0, 0.1) is 10.1 Å². The third-order valence-electron chi connectivity index (χ3n) is 1.61. The molecule has 0 aromatic carbocycles. The molecule has 0 aliphatic carbocycles. The molecule has 0 atom stereocenters. The largest absolute Gasteiger partial charge is 0.486 e. The number of methoxy groups -OCH3 is 1. The van der Waals surface area contributed by atoms with Gasteiger partial charge in [-0.3, -0.25) is 4.79 Å². The second-order valence-corrected chi connectivity index (χ2v) is 2.53. The van der Waals surface area contributed by atoms with Gasteiger partial charge >= 0.3 is 5.82 Å². The van der Waals surface area contributed by atoms with E-state index in [4.69, 9.17) is 0 Å². The van der Waals surface area contributed by atoms with Crippen LogP contribution in [0.5, 0.6) is 5.75 Å². The fourth-order valence-electron chi connectivity index (χ4n) is 0.996. The Morgan fingerprint density at radius 3 is 2.60 bits per heavy atom. The van der Waals surface area contributed by atoms with Crippen LogP contribution in [0.1, 0.15) is 12.1 Å². The fourth-order valence-corrected chi connectivity index (χ4v) is 0.996. The lowest BCUT2D eigenvalue weighted by atomic mass is 10.3. The summed E-state index contributed by atoms with van der Waals surface area (Å²) in [5.74, 6) is -1.47. The Labute approximate surface area is 81.6 Å². The predicted molar refractivity (Wildman–Crippen MR) is 45.2 cm³/mol. The maximum atomic E-state index is 12.2. The summed E-state index contributed by atoms with van der Waals surface area (Å²) in [5, 5.41) is 10.4. The predicted octanol–water partition coefficient (Wildman–Crippen LogP) is 1.23. The molecule has 1 rings (SSSR count). The molecular formula is C7H6F2N2O4. The number of nitro groups is 1. The van der Waals surface area contributed by atoms with Gasteiger partial charge in [0.25, 0.3) is 12.2 Å². The molecule has 0 aliphatic heterocycles. The van der Waals surface area contributed by atoms with Crippen LogP contribution in [0.3, 0.4) is 0 Å². The third kappa shape index (κ3) is 2.09. The second-order valence-electron chi connectivity index (χ2n) is 2.53. The molecule has 0 radical (unpaired) electrons. The number of H-pyrrole nitrogens is 1. The minimum absolute atomic E-state index is 0.566. The first-order valence-electron chi connectivity index (χ1n) is 3.71. The first kappa shape index (κ1) is 11.1. The summed E-state index contributed by atoms with van der Waals surface area (Å²) in [6.07, 6.45) is -2.98. The second kappa shape index (κ2) is 4.03. The van der Waals surface area contributed by atoms with Crippen LogP contribution in [-0.4, -0.2) is 17.0 Å². The summed E-state index contributed by atoms with van der Waals surface area (Å²) in [5.41, 5.74) is -1.77. The molecule has 1 N–H and O–H groups in total. The van der Waals surface area contributed by atoms with Crippen LogP contribution in [0.4, 0.5) is 14.6 Å². The van der Waals surface area contributed by atoms with Crippen molar-refractivity contribution in [1.82, 2.24) is 4.98 Å². The number of rotatable bonds is 3. The minimum Gasteiger partial charge on any atom is -0.486 e. The molecule has 1 aromatic heterocycles. The third-order valence-corrected chi connectivity index (χ3v) is 1.61. The highest BCUT2D eigenvalue weighted by molar-refractivity contribution is 5.40. The van der Waals surface area contributed by atoms with E-state index in [1.807, 2.05) is 4.98 Å². The number of halogens is 2. The van der Waals surface area contributed by atoms with E-state index in [2.05, 4.69) is 4.74 Å². The van der Waals surface area contributed by atoms with Crippen molar-refractivity contribution >= 4 is 5.82 Å². The van der Waals surface area contributed by atoms with Crippen LogP contribution in [0.15, 0.2) is 10.9 Å². The zero-order chi connectivity index (χ0) is 11.6. The zero-order valence-corrected chi connectivity index (χ0v) is 7.49. The topological polar surface area (TPSA) is 85.2 Å². The summed E-state index contributed by atoms with van der Waals surface area (Å²) in [4.78, 5) is 22.4. The number of nitrogens with one attached hydrogen (secondary N) is 1. The van der Waals surface area contributed by atoms with Crippen molar-refractivity contribution in [3.63, 3.8) is 0 Å². The van der Waals surface area contributed by atoms with Crippen molar-refractivity contribution in [2.45, 2.75) is 6.43 Å². The zero-order valence-electron chi connectivity index (χ0n) is 7.49. The Hall–Kier alpha value is -1.99. The average molecular weight is 220 g/mol. The maximum Gasteiger partial charge on any atom is 0.367 e.